The van der Waals surface area contributed by atoms with Crippen LogP contribution in [0.3, 0.4) is 0 Å². The summed E-state index contributed by atoms with van der Waals surface area (Å²) in [7, 11) is -3.89. The number of aromatic carboxylic acids is 1. The van der Waals surface area contributed by atoms with Gasteiger partial charge >= 0.3 is 5.97 Å². The lowest BCUT2D eigenvalue weighted by atomic mass is 10.2. The second kappa shape index (κ2) is 6.80. The van der Waals surface area contributed by atoms with Crippen molar-refractivity contribution in [2.24, 2.45) is 0 Å². The molecule has 2 N–H and O–H groups in total. The lowest BCUT2D eigenvalue weighted by Crippen LogP contribution is -2.23. The van der Waals surface area contributed by atoms with Crippen LogP contribution in [0, 0.1) is 6.92 Å². The highest BCUT2D eigenvalue weighted by Crippen LogP contribution is 2.23. The largest absolute Gasteiger partial charge is 0.493 e. The van der Waals surface area contributed by atoms with Crippen LogP contribution in [-0.4, -0.2) is 31.3 Å². The van der Waals surface area contributed by atoms with E-state index in [2.05, 4.69) is 9.88 Å². The molecule has 0 bridgehead atoms. The van der Waals surface area contributed by atoms with Crippen molar-refractivity contribution in [3.8, 4) is 5.75 Å². The topological polar surface area (TPSA) is 119 Å². The molecule has 8 nitrogen and oxygen atoms in total. The first kappa shape index (κ1) is 17.0. The van der Waals surface area contributed by atoms with Crippen LogP contribution >= 0.6 is 0 Å². The zero-order valence-electron chi connectivity index (χ0n) is 12.6. The standard InChI is InChI=1S/C14H16N2O6S/c1-3-21-13-5-4-11(7-12(13)14(17)18)23(19,20)15-8-10-6-9(2)16-22-10/h4-7,15H,3,8H2,1-2H3,(H,17,18). The SMILES string of the molecule is CCOc1ccc(S(=O)(=O)NCc2cc(C)no2)cc1C(=O)O. The highest BCUT2D eigenvalue weighted by atomic mass is 32.2. The summed E-state index contributed by atoms with van der Waals surface area (Å²) < 4.78 is 36.9. The average molecular weight is 340 g/mol. The Morgan fingerprint density at radius 2 is 2.13 bits per heavy atom. The molecule has 1 aromatic carbocycles. The van der Waals surface area contributed by atoms with E-state index in [-0.39, 0.29) is 29.4 Å². The Labute approximate surface area is 133 Å². The van der Waals surface area contributed by atoms with E-state index in [1.54, 1.807) is 19.9 Å². The number of sulfonamides is 1. The third-order valence-electron chi connectivity index (χ3n) is 2.90. The maximum absolute atomic E-state index is 12.2. The van der Waals surface area contributed by atoms with Crippen molar-refractivity contribution in [1.82, 2.24) is 9.88 Å². The molecule has 0 atom stereocenters. The number of carbonyl (C=O) groups is 1. The first-order valence-corrected chi connectivity index (χ1v) is 8.24. The number of nitrogens with zero attached hydrogens (tertiary/aromatic N) is 1. The van der Waals surface area contributed by atoms with Gasteiger partial charge in [0.2, 0.25) is 10.0 Å². The van der Waals surface area contributed by atoms with Gasteiger partial charge < -0.3 is 14.4 Å². The van der Waals surface area contributed by atoms with Gasteiger partial charge in [0.15, 0.2) is 5.76 Å². The zero-order chi connectivity index (χ0) is 17.0. The Hall–Kier alpha value is -2.39. The van der Waals surface area contributed by atoms with Crippen molar-refractivity contribution >= 4 is 16.0 Å². The van der Waals surface area contributed by atoms with Crippen LogP contribution in [0.1, 0.15) is 28.7 Å². The molecular formula is C14H16N2O6S. The van der Waals surface area contributed by atoms with E-state index in [4.69, 9.17) is 9.26 Å². The summed E-state index contributed by atoms with van der Waals surface area (Å²) in [6, 6.07) is 5.26. The number of rotatable bonds is 7. The Morgan fingerprint density at radius 3 is 2.70 bits per heavy atom. The molecule has 0 fully saturated rings. The molecule has 0 aliphatic rings. The summed E-state index contributed by atoms with van der Waals surface area (Å²) in [5.74, 6) is -0.795. The van der Waals surface area contributed by atoms with Gasteiger partial charge in [-0.3, -0.25) is 0 Å². The lowest BCUT2D eigenvalue weighted by Gasteiger charge is -2.10. The molecule has 0 saturated carbocycles. The third kappa shape index (κ3) is 4.08. The first-order chi connectivity index (χ1) is 10.8. The fourth-order valence-electron chi connectivity index (χ4n) is 1.87. The molecule has 2 rings (SSSR count). The number of benzene rings is 1. The molecule has 9 heteroatoms. The van der Waals surface area contributed by atoms with Gasteiger partial charge in [0.05, 0.1) is 23.7 Å². The van der Waals surface area contributed by atoms with Gasteiger partial charge in [-0.05, 0) is 32.0 Å². The Bertz CT molecular complexity index is 812. The van der Waals surface area contributed by atoms with Crippen LogP contribution in [0.25, 0.3) is 0 Å². The highest BCUT2D eigenvalue weighted by Gasteiger charge is 2.20. The van der Waals surface area contributed by atoms with Gasteiger partial charge in [-0.15, -0.1) is 0 Å². The summed E-state index contributed by atoms with van der Waals surface area (Å²) in [6.45, 7) is 3.61. The van der Waals surface area contributed by atoms with E-state index in [9.17, 15) is 18.3 Å². The number of carboxylic acids is 1. The number of hydrogen-bond donors (Lipinski definition) is 2. The van der Waals surface area contributed by atoms with Crippen LogP contribution in [0.15, 0.2) is 33.7 Å². The molecule has 0 aliphatic carbocycles. The van der Waals surface area contributed by atoms with Crippen molar-refractivity contribution in [2.75, 3.05) is 6.61 Å². The summed E-state index contributed by atoms with van der Waals surface area (Å²) in [5, 5.41) is 12.8. The van der Waals surface area contributed by atoms with Crippen molar-refractivity contribution < 1.29 is 27.6 Å². The average Bonchev–Trinajstić information content (AvgIpc) is 2.91. The zero-order valence-corrected chi connectivity index (χ0v) is 13.4. The quantitative estimate of drug-likeness (QED) is 0.785. The molecule has 0 saturated heterocycles. The van der Waals surface area contributed by atoms with Crippen molar-refractivity contribution in [1.29, 1.82) is 0 Å². The van der Waals surface area contributed by atoms with E-state index in [1.165, 1.54) is 12.1 Å². The van der Waals surface area contributed by atoms with Crippen molar-refractivity contribution in [2.45, 2.75) is 25.3 Å². The van der Waals surface area contributed by atoms with Crippen LogP contribution in [-0.2, 0) is 16.6 Å². The molecule has 0 amide bonds. The monoisotopic (exact) mass is 340 g/mol. The summed E-state index contributed by atoms with van der Waals surface area (Å²) in [4.78, 5) is 11.1. The molecular weight excluding hydrogens is 324 g/mol. The number of nitrogens with one attached hydrogen (secondary N) is 1. The molecule has 124 valence electrons. The van der Waals surface area contributed by atoms with Crippen LogP contribution in [0.5, 0.6) is 5.75 Å². The van der Waals surface area contributed by atoms with Gasteiger partial charge in [0.1, 0.15) is 11.3 Å². The molecule has 0 unspecified atom stereocenters. The van der Waals surface area contributed by atoms with Crippen molar-refractivity contribution in [3.63, 3.8) is 0 Å². The number of aryl methyl sites for hydroxylation is 1. The second-order valence-electron chi connectivity index (χ2n) is 4.66. The number of carboxylic acid groups (broad SMARTS) is 1. The molecule has 2 aromatic rings. The maximum Gasteiger partial charge on any atom is 0.339 e. The Kier molecular flexibility index (Phi) is 5.02. The van der Waals surface area contributed by atoms with Gasteiger partial charge in [-0.2, -0.15) is 0 Å². The summed E-state index contributed by atoms with van der Waals surface area (Å²) >= 11 is 0. The van der Waals surface area contributed by atoms with Crippen LogP contribution < -0.4 is 9.46 Å². The second-order valence-corrected chi connectivity index (χ2v) is 6.42. The minimum absolute atomic E-state index is 0.0845. The van der Waals surface area contributed by atoms with E-state index in [0.29, 0.717) is 11.5 Å². The molecule has 0 spiro atoms. The van der Waals surface area contributed by atoms with Gasteiger partial charge in [0, 0.05) is 6.07 Å². The number of aromatic nitrogens is 1. The van der Waals surface area contributed by atoms with Gasteiger partial charge in [-0.1, -0.05) is 5.16 Å². The fourth-order valence-corrected chi connectivity index (χ4v) is 2.89. The molecule has 1 heterocycles. The number of hydrogen-bond acceptors (Lipinski definition) is 6. The van der Waals surface area contributed by atoms with E-state index >= 15 is 0 Å². The Balaban J connectivity index is 2.25. The van der Waals surface area contributed by atoms with Crippen molar-refractivity contribution in [3.05, 3.63) is 41.3 Å². The highest BCUT2D eigenvalue weighted by molar-refractivity contribution is 7.89. The minimum Gasteiger partial charge on any atom is -0.493 e. The predicted octanol–water partition coefficient (Wildman–Crippen LogP) is 1.56. The smallest absolute Gasteiger partial charge is 0.339 e. The molecule has 23 heavy (non-hydrogen) atoms. The third-order valence-corrected chi connectivity index (χ3v) is 4.30. The van der Waals surface area contributed by atoms with Crippen LogP contribution in [0.4, 0.5) is 0 Å². The van der Waals surface area contributed by atoms with E-state index in [1.807, 2.05) is 0 Å². The number of ether oxygens (including phenoxy) is 1. The predicted molar refractivity (Wildman–Crippen MR) is 79.8 cm³/mol. The minimum atomic E-state index is -3.89. The lowest BCUT2D eigenvalue weighted by molar-refractivity contribution is 0.0692. The maximum atomic E-state index is 12.2. The van der Waals surface area contributed by atoms with Crippen LogP contribution in [0.2, 0.25) is 0 Å². The molecule has 0 aliphatic heterocycles. The Morgan fingerprint density at radius 1 is 1.39 bits per heavy atom. The van der Waals surface area contributed by atoms with E-state index < -0.39 is 16.0 Å². The van der Waals surface area contributed by atoms with Gasteiger partial charge in [0.25, 0.3) is 0 Å². The normalized spacial score (nSPS) is 11.4. The molecule has 0 radical (unpaired) electrons. The fraction of sp³-hybridized carbons (Fsp3) is 0.286. The summed E-state index contributed by atoms with van der Waals surface area (Å²) in [6.07, 6.45) is 0. The van der Waals surface area contributed by atoms with Gasteiger partial charge in [-0.25, -0.2) is 17.9 Å². The van der Waals surface area contributed by atoms with E-state index in [0.717, 1.165) is 6.07 Å². The molecule has 1 aromatic heterocycles. The first-order valence-electron chi connectivity index (χ1n) is 6.75. The summed E-state index contributed by atoms with van der Waals surface area (Å²) in [5.41, 5.74) is 0.415.